The van der Waals surface area contributed by atoms with Gasteiger partial charge in [0.05, 0.1) is 11.0 Å². The number of fused-ring (bicyclic) bond motifs is 1. The smallest absolute Gasteiger partial charge is 0.111 e. The lowest BCUT2D eigenvalue weighted by molar-refractivity contribution is 0.623. The van der Waals surface area contributed by atoms with Gasteiger partial charge in [-0.2, -0.15) is 11.8 Å². The molecule has 104 valence electrons. The maximum atomic E-state index is 5.89. The number of aryl methyl sites for hydroxylation is 2. The minimum Gasteiger partial charge on any atom is -0.328 e. The van der Waals surface area contributed by atoms with Crippen molar-refractivity contribution in [1.29, 1.82) is 0 Å². The van der Waals surface area contributed by atoms with Crippen molar-refractivity contribution < 1.29 is 0 Å². The lowest BCUT2D eigenvalue weighted by atomic mass is 10.3. The quantitative estimate of drug-likeness (QED) is 0.379. The molecule has 19 heavy (non-hydrogen) atoms. The number of rotatable bonds is 7. The molecule has 0 fully saturated rings. The second kappa shape index (κ2) is 7.74. The Balaban J connectivity index is 2.24. The molecule has 2 nitrogen and oxygen atoms in total. The van der Waals surface area contributed by atoms with Crippen LogP contribution in [0.2, 0.25) is 0 Å². The largest absolute Gasteiger partial charge is 0.328 e. The summed E-state index contributed by atoms with van der Waals surface area (Å²) in [5.74, 6) is 2.98. The molecular weight excluding hydrogens is 391 g/mol. The summed E-state index contributed by atoms with van der Waals surface area (Å²) in [6.45, 7) is 1.05. The van der Waals surface area contributed by atoms with E-state index in [2.05, 4.69) is 51.6 Å². The van der Waals surface area contributed by atoms with Gasteiger partial charge in [0.1, 0.15) is 5.82 Å². The summed E-state index contributed by atoms with van der Waals surface area (Å²) in [5, 5.41) is 0. The van der Waals surface area contributed by atoms with Gasteiger partial charge >= 0.3 is 0 Å². The van der Waals surface area contributed by atoms with Crippen LogP contribution in [0.15, 0.2) is 18.2 Å². The Morgan fingerprint density at radius 3 is 2.95 bits per heavy atom. The number of alkyl halides is 1. The van der Waals surface area contributed by atoms with Crippen molar-refractivity contribution in [2.75, 3.05) is 17.9 Å². The Kier molecular flexibility index (Phi) is 6.29. The minimum atomic E-state index is 0.630. The molecule has 1 aromatic heterocycles. The maximum Gasteiger partial charge on any atom is 0.111 e. The monoisotopic (exact) mass is 408 g/mol. The highest BCUT2D eigenvalue weighted by molar-refractivity contribution is 14.1. The number of unbranched alkanes of at least 4 members (excludes halogenated alkanes) is 1. The van der Waals surface area contributed by atoms with Crippen LogP contribution >= 0.6 is 46.0 Å². The Morgan fingerprint density at radius 2 is 2.21 bits per heavy atom. The van der Waals surface area contributed by atoms with Crippen LogP contribution in [0.3, 0.4) is 0 Å². The molecule has 0 aliphatic carbocycles. The van der Waals surface area contributed by atoms with E-state index in [1.165, 1.54) is 27.7 Å². The molecule has 0 spiro atoms. The first-order valence-corrected chi connectivity index (χ1v) is 9.46. The average Bonchev–Trinajstić information content (AvgIpc) is 2.72. The van der Waals surface area contributed by atoms with E-state index in [4.69, 9.17) is 16.6 Å². The van der Waals surface area contributed by atoms with Crippen molar-refractivity contribution in [2.45, 2.75) is 25.8 Å². The van der Waals surface area contributed by atoms with Gasteiger partial charge in [-0.25, -0.2) is 4.98 Å². The van der Waals surface area contributed by atoms with Gasteiger partial charge in [-0.05, 0) is 65.6 Å². The molecule has 0 radical (unpaired) electrons. The van der Waals surface area contributed by atoms with Crippen LogP contribution in [0.4, 0.5) is 0 Å². The van der Waals surface area contributed by atoms with Crippen molar-refractivity contribution in [1.82, 2.24) is 9.55 Å². The van der Waals surface area contributed by atoms with Crippen LogP contribution in [0.1, 0.15) is 18.7 Å². The van der Waals surface area contributed by atoms with Crippen LogP contribution < -0.4 is 0 Å². The molecule has 0 N–H and O–H groups in total. The molecule has 0 aliphatic heterocycles. The van der Waals surface area contributed by atoms with E-state index in [1.807, 2.05) is 11.8 Å². The molecule has 2 aromatic rings. The number of nitrogens with zero attached hydrogens (tertiary/aromatic N) is 2. The lowest BCUT2D eigenvalue weighted by Gasteiger charge is -2.08. The average molecular weight is 409 g/mol. The van der Waals surface area contributed by atoms with E-state index in [9.17, 15) is 0 Å². The lowest BCUT2D eigenvalue weighted by Crippen LogP contribution is -2.05. The van der Waals surface area contributed by atoms with E-state index < -0.39 is 0 Å². The first-order valence-electron chi connectivity index (χ1n) is 6.46. The molecule has 0 atom stereocenters. The fourth-order valence-corrected chi connectivity index (χ4v) is 3.33. The fraction of sp³-hybridized carbons (Fsp3) is 0.500. The molecular formula is C14H18ClIN2S. The predicted molar refractivity (Wildman–Crippen MR) is 94.5 cm³/mol. The van der Waals surface area contributed by atoms with Gasteiger partial charge in [0, 0.05) is 22.4 Å². The van der Waals surface area contributed by atoms with E-state index in [0.29, 0.717) is 5.88 Å². The number of hydrogen-bond acceptors (Lipinski definition) is 2. The van der Waals surface area contributed by atoms with Crippen LogP contribution in [0.25, 0.3) is 11.0 Å². The van der Waals surface area contributed by atoms with Crippen LogP contribution in [0, 0.1) is 3.57 Å². The summed E-state index contributed by atoms with van der Waals surface area (Å²) in [5.41, 5.74) is 2.33. The van der Waals surface area contributed by atoms with E-state index in [0.717, 1.165) is 24.3 Å². The zero-order valence-electron chi connectivity index (χ0n) is 11.0. The van der Waals surface area contributed by atoms with E-state index in [-0.39, 0.29) is 0 Å². The first-order chi connectivity index (χ1) is 9.26. The second-order valence-corrected chi connectivity index (χ2v) is 7.06. The van der Waals surface area contributed by atoms with E-state index >= 15 is 0 Å². The Hall–Kier alpha value is 0.0600. The Bertz CT molecular complexity index is 541. The third-order valence-corrected chi connectivity index (χ3v) is 4.64. The first kappa shape index (κ1) is 15.4. The molecule has 2 rings (SSSR count). The minimum absolute atomic E-state index is 0.630. The van der Waals surface area contributed by atoms with E-state index in [1.54, 1.807) is 0 Å². The SMILES string of the molecule is CSCCCCn1c(CCCl)nc2cc(I)ccc21. The van der Waals surface area contributed by atoms with Gasteiger partial charge < -0.3 is 4.57 Å². The molecule has 0 unspecified atom stereocenters. The second-order valence-electron chi connectivity index (χ2n) is 4.45. The predicted octanol–water partition coefficient (Wildman–Crippen LogP) is 4.57. The van der Waals surface area contributed by atoms with Crippen LogP contribution in [0.5, 0.6) is 0 Å². The van der Waals surface area contributed by atoms with Crippen molar-refractivity contribution in [3.8, 4) is 0 Å². The third kappa shape index (κ3) is 4.02. The summed E-state index contributed by atoms with van der Waals surface area (Å²) >= 11 is 10.1. The zero-order chi connectivity index (χ0) is 13.7. The topological polar surface area (TPSA) is 17.8 Å². The van der Waals surface area contributed by atoms with Gasteiger partial charge in [0.25, 0.3) is 0 Å². The van der Waals surface area contributed by atoms with Crippen LogP contribution in [-0.4, -0.2) is 27.4 Å². The highest BCUT2D eigenvalue weighted by Gasteiger charge is 2.10. The van der Waals surface area contributed by atoms with Crippen molar-refractivity contribution in [3.05, 3.63) is 27.6 Å². The summed E-state index contributed by atoms with van der Waals surface area (Å²) in [7, 11) is 0. The van der Waals surface area contributed by atoms with Crippen molar-refractivity contribution in [3.63, 3.8) is 0 Å². The maximum absolute atomic E-state index is 5.89. The number of thioether (sulfide) groups is 1. The highest BCUT2D eigenvalue weighted by Crippen LogP contribution is 2.20. The molecule has 0 bridgehead atoms. The summed E-state index contributed by atoms with van der Waals surface area (Å²) < 4.78 is 3.57. The zero-order valence-corrected chi connectivity index (χ0v) is 14.8. The molecule has 0 amide bonds. The van der Waals surface area contributed by atoms with Gasteiger partial charge in [0.15, 0.2) is 0 Å². The number of hydrogen-bond donors (Lipinski definition) is 0. The third-order valence-electron chi connectivity index (χ3n) is 3.09. The molecule has 0 saturated carbocycles. The molecule has 5 heteroatoms. The van der Waals surface area contributed by atoms with Gasteiger partial charge in [-0.15, -0.1) is 11.6 Å². The highest BCUT2D eigenvalue weighted by atomic mass is 127. The molecule has 1 heterocycles. The number of imidazole rings is 1. The molecule has 1 aromatic carbocycles. The van der Waals surface area contributed by atoms with Gasteiger partial charge in [-0.1, -0.05) is 0 Å². The fourth-order valence-electron chi connectivity index (χ4n) is 2.19. The standard InChI is InChI=1S/C14H18ClIN2S/c1-19-9-3-2-8-18-13-5-4-11(16)10-12(13)17-14(18)6-7-15/h4-5,10H,2-3,6-9H2,1H3. The van der Waals surface area contributed by atoms with Gasteiger partial charge in [-0.3, -0.25) is 0 Å². The Labute approximate surface area is 137 Å². The Morgan fingerprint density at radius 1 is 1.37 bits per heavy atom. The molecule has 0 aliphatic rings. The summed E-state index contributed by atoms with van der Waals surface area (Å²) in [4.78, 5) is 4.73. The van der Waals surface area contributed by atoms with Crippen molar-refractivity contribution in [2.24, 2.45) is 0 Å². The van der Waals surface area contributed by atoms with Crippen LogP contribution in [-0.2, 0) is 13.0 Å². The molecule has 0 saturated heterocycles. The summed E-state index contributed by atoms with van der Waals surface area (Å²) in [6, 6.07) is 6.47. The number of halogens is 2. The summed E-state index contributed by atoms with van der Waals surface area (Å²) in [6.07, 6.45) is 5.46. The number of aromatic nitrogens is 2. The normalized spacial score (nSPS) is 11.3. The number of benzene rings is 1. The van der Waals surface area contributed by atoms with Gasteiger partial charge in [0.2, 0.25) is 0 Å². The van der Waals surface area contributed by atoms with Crippen molar-refractivity contribution >= 4 is 57.0 Å².